The van der Waals surface area contributed by atoms with Crippen LogP contribution in [0.2, 0.25) is 0 Å². The molecule has 0 saturated heterocycles. The van der Waals surface area contributed by atoms with Crippen molar-refractivity contribution in [3.05, 3.63) is 76.0 Å². The summed E-state index contributed by atoms with van der Waals surface area (Å²) >= 11 is 0. The van der Waals surface area contributed by atoms with E-state index in [0.29, 0.717) is 28.8 Å². The molecule has 0 spiro atoms. The van der Waals surface area contributed by atoms with E-state index < -0.39 is 11.1 Å². The minimum atomic E-state index is -0.844. The Morgan fingerprint density at radius 1 is 1.21 bits per heavy atom. The average Bonchev–Trinajstić information content (AvgIpc) is 3.09. The Balaban J connectivity index is 1.94. The summed E-state index contributed by atoms with van der Waals surface area (Å²) in [4.78, 5) is 24.7. The van der Waals surface area contributed by atoms with Crippen molar-refractivity contribution in [2.45, 2.75) is 13.5 Å². The van der Waals surface area contributed by atoms with Gasteiger partial charge in [-0.15, -0.1) is 0 Å². The Morgan fingerprint density at radius 2 is 2.00 bits per heavy atom. The molecule has 0 fully saturated rings. The highest BCUT2D eigenvalue weighted by Crippen LogP contribution is 2.33. The molecule has 0 bridgehead atoms. The summed E-state index contributed by atoms with van der Waals surface area (Å²) in [5.41, 5.74) is 2.12. The summed E-state index contributed by atoms with van der Waals surface area (Å²) in [6, 6.07) is 14.6. The van der Waals surface area contributed by atoms with Crippen LogP contribution in [0.3, 0.4) is 0 Å². The summed E-state index contributed by atoms with van der Waals surface area (Å²) in [5.74, 6) is 0.677. The molecule has 0 atom stereocenters. The number of aromatic amines is 1. The van der Waals surface area contributed by atoms with E-state index in [9.17, 15) is 14.9 Å². The molecule has 1 heterocycles. The second-order valence-corrected chi connectivity index (χ2v) is 5.74. The molecule has 0 unspecified atom stereocenters. The first-order valence-electron chi connectivity index (χ1n) is 8.55. The van der Waals surface area contributed by atoms with Crippen molar-refractivity contribution in [2.75, 3.05) is 6.61 Å². The maximum atomic E-state index is 11.6. The highest BCUT2D eigenvalue weighted by atomic mass is 16.7. The molecule has 0 amide bonds. The van der Waals surface area contributed by atoms with Gasteiger partial charge in [-0.3, -0.25) is 10.1 Å². The van der Waals surface area contributed by atoms with E-state index in [1.54, 1.807) is 25.1 Å². The number of hydrogen-bond acceptors (Lipinski definition) is 6. The van der Waals surface area contributed by atoms with Gasteiger partial charge in [0.05, 0.1) is 17.0 Å². The SMILES string of the molecule is CCOC(=O)Oc1cc2c(C=C[N+](=O)[O-])ccc(OCc3ccccc3)c2[nH]1. The number of fused-ring (bicyclic) bond motifs is 1. The molecule has 28 heavy (non-hydrogen) atoms. The van der Waals surface area contributed by atoms with Gasteiger partial charge in [-0.05, 0) is 24.1 Å². The van der Waals surface area contributed by atoms with Crippen molar-refractivity contribution in [2.24, 2.45) is 0 Å². The lowest BCUT2D eigenvalue weighted by Crippen LogP contribution is -2.10. The number of hydrogen-bond donors (Lipinski definition) is 1. The number of ether oxygens (including phenoxy) is 3. The molecule has 0 aliphatic heterocycles. The molecular weight excluding hydrogens is 364 g/mol. The van der Waals surface area contributed by atoms with Crippen molar-refractivity contribution < 1.29 is 23.9 Å². The molecule has 0 saturated carbocycles. The van der Waals surface area contributed by atoms with Gasteiger partial charge in [-0.1, -0.05) is 36.4 Å². The molecule has 0 aliphatic carbocycles. The Hall–Kier alpha value is -3.81. The monoisotopic (exact) mass is 382 g/mol. The third-order valence-electron chi connectivity index (χ3n) is 3.83. The quantitative estimate of drug-likeness (QED) is 0.366. The summed E-state index contributed by atoms with van der Waals surface area (Å²) in [6.07, 6.45) is 1.37. The minimum absolute atomic E-state index is 0.153. The number of nitrogens with one attached hydrogen (secondary N) is 1. The lowest BCUT2D eigenvalue weighted by atomic mass is 10.1. The molecule has 144 valence electrons. The van der Waals surface area contributed by atoms with Crippen LogP contribution in [0.25, 0.3) is 17.0 Å². The van der Waals surface area contributed by atoms with Gasteiger partial charge in [-0.2, -0.15) is 0 Å². The molecular formula is C20H18N2O6. The predicted octanol–water partition coefficient (Wildman–Crippen LogP) is 4.53. The number of aromatic nitrogens is 1. The van der Waals surface area contributed by atoms with Crippen LogP contribution in [-0.2, 0) is 11.3 Å². The molecule has 1 aromatic heterocycles. The van der Waals surface area contributed by atoms with E-state index in [-0.39, 0.29) is 12.5 Å². The van der Waals surface area contributed by atoms with Crippen molar-refractivity contribution in [3.8, 4) is 11.6 Å². The summed E-state index contributed by atoms with van der Waals surface area (Å²) in [6.45, 7) is 2.19. The second kappa shape index (κ2) is 8.72. The van der Waals surface area contributed by atoms with Crippen molar-refractivity contribution in [1.82, 2.24) is 4.98 Å². The third-order valence-corrected chi connectivity index (χ3v) is 3.83. The molecule has 1 N–H and O–H groups in total. The highest BCUT2D eigenvalue weighted by Gasteiger charge is 2.14. The van der Waals surface area contributed by atoms with Crippen LogP contribution in [0.1, 0.15) is 18.1 Å². The van der Waals surface area contributed by atoms with Gasteiger partial charge in [0.1, 0.15) is 12.4 Å². The van der Waals surface area contributed by atoms with Crippen molar-refractivity contribution in [1.29, 1.82) is 0 Å². The van der Waals surface area contributed by atoms with Gasteiger partial charge in [0.25, 0.3) is 0 Å². The fourth-order valence-corrected chi connectivity index (χ4v) is 2.62. The third kappa shape index (κ3) is 4.67. The predicted molar refractivity (Wildman–Crippen MR) is 103 cm³/mol. The summed E-state index contributed by atoms with van der Waals surface area (Å²) in [5, 5.41) is 11.3. The van der Waals surface area contributed by atoms with Gasteiger partial charge < -0.3 is 19.2 Å². The van der Waals surface area contributed by atoms with E-state index in [0.717, 1.165) is 11.8 Å². The fourth-order valence-electron chi connectivity index (χ4n) is 2.62. The first kappa shape index (κ1) is 19.0. The number of rotatable bonds is 7. The lowest BCUT2D eigenvalue weighted by molar-refractivity contribution is -0.400. The Kier molecular flexibility index (Phi) is 5.91. The largest absolute Gasteiger partial charge is 0.515 e. The van der Waals surface area contributed by atoms with Gasteiger partial charge in [0, 0.05) is 17.5 Å². The average molecular weight is 382 g/mol. The molecule has 3 rings (SSSR count). The Bertz CT molecular complexity index is 1010. The number of carbonyl (C=O) groups excluding carboxylic acids is 1. The Labute approximate surface area is 160 Å². The van der Waals surface area contributed by atoms with Crippen LogP contribution in [0, 0.1) is 10.1 Å². The minimum Gasteiger partial charge on any atom is -0.487 e. The molecule has 0 radical (unpaired) electrons. The maximum Gasteiger partial charge on any atom is 0.515 e. The van der Waals surface area contributed by atoms with Crippen LogP contribution in [0.4, 0.5) is 4.79 Å². The van der Waals surface area contributed by atoms with E-state index in [2.05, 4.69) is 4.98 Å². The number of nitrogens with zero attached hydrogens (tertiary/aromatic N) is 1. The molecule has 0 aliphatic rings. The van der Waals surface area contributed by atoms with Gasteiger partial charge in [-0.25, -0.2) is 4.79 Å². The first-order chi connectivity index (χ1) is 13.6. The van der Waals surface area contributed by atoms with Crippen LogP contribution in [0.5, 0.6) is 11.6 Å². The Morgan fingerprint density at radius 3 is 2.71 bits per heavy atom. The van der Waals surface area contributed by atoms with E-state index in [1.165, 1.54) is 6.08 Å². The van der Waals surface area contributed by atoms with Gasteiger partial charge in [0.15, 0.2) is 0 Å². The first-order valence-corrected chi connectivity index (χ1v) is 8.55. The molecule has 3 aromatic rings. The topological polar surface area (TPSA) is 104 Å². The van der Waals surface area contributed by atoms with Crippen LogP contribution < -0.4 is 9.47 Å². The second-order valence-electron chi connectivity index (χ2n) is 5.74. The zero-order valence-corrected chi connectivity index (χ0v) is 15.1. The highest BCUT2D eigenvalue weighted by molar-refractivity contribution is 5.94. The van der Waals surface area contributed by atoms with Gasteiger partial charge >= 0.3 is 6.16 Å². The van der Waals surface area contributed by atoms with E-state index >= 15 is 0 Å². The molecule has 8 heteroatoms. The van der Waals surface area contributed by atoms with Crippen LogP contribution in [0.15, 0.2) is 54.7 Å². The van der Waals surface area contributed by atoms with Crippen LogP contribution in [-0.4, -0.2) is 22.7 Å². The standard InChI is InChI=1S/C20H18N2O6/c1-2-26-20(23)28-18-12-16-15(10-11-22(24)25)8-9-17(19(16)21-18)27-13-14-6-4-3-5-7-14/h3-12,21H,2,13H2,1H3. The van der Waals surface area contributed by atoms with E-state index in [4.69, 9.17) is 14.2 Å². The molecule has 2 aromatic carbocycles. The zero-order valence-electron chi connectivity index (χ0n) is 15.1. The molecule has 8 nitrogen and oxygen atoms in total. The maximum absolute atomic E-state index is 11.6. The normalized spacial score (nSPS) is 10.9. The fraction of sp³-hybridized carbons (Fsp3) is 0.150. The zero-order chi connectivity index (χ0) is 19.9. The van der Waals surface area contributed by atoms with Crippen molar-refractivity contribution >= 4 is 23.1 Å². The summed E-state index contributed by atoms with van der Waals surface area (Å²) < 4.78 is 15.8. The number of carbonyl (C=O) groups is 1. The lowest BCUT2D eigenvalue weighted by Gasteiger charge is -2.08. The number of nitro groups is 1. The number of H-pyrrole nitrogens is 1. The van der Waals surface area contributed by atoms with Gasteiger partial charge in [0.2, 0.25) is 12.1 Å². The smallest absolute Gasteiger partial charge is 0.487 e. The van der Waals surface area contributed by atoms with Crippen LogP contribution >= 0.6 is 0 Å². The van der Waals surface area contributed by atoms with E-state index in [1.807, 2.05) is 30.3 Å². The number of benzene rings is 2. The summed E-state index contributed by atoms with van der Waals surface area (Å²) in [7, 11) is 0. The van der Waals surface area contributed by atoms with Crippen molar-refractivity contribution in [3.63, 3.8) is 0 Å².